The highest BCUT2D eigenvalue weighted by Gasteiger charge is 2.19. The summed E-state index contributed by atoms with van der Waals surface area (Å²) < 4.78 is 0. The van der Waals surface area contributed by atoms with Gasteiger partial charge in [-0.2, -0.15) is 0 Å². The Bertz CT molecular complexity index is 430. The Morgan fingerprint density at radius 1 is 1.35 bits per heavy atom. The molecule has 1 amide bonds. The molecule has 1 aliphatic heterocycles. The maximum Gasteiger partial charge on any atom is 0.338 e. The second-order valence-corrected chi connectivity index (χ2v) is 3.97. The molecule has 0 unspecified atom stereocenters. The third-order valence-corrected chi connectivity index (χ3v) is 2.71. The first kappa shape index (κ1) is 11.5. The van der Waals surface area contributed by atoms with Crippen LogP contribution in [0.1, 0.15) is 35.4 Å². The van der Waals surface area contributed by atoms with Crippen molar-refractivity contribution < 1.29 is 14.7 Å². The van der Waals surface area contributed by atoms with Gasteiger partial charge in [-0.05, 0) is 12.8 Å². The van der Waals surface area contributed by atoms with Crippen LogP contribution in [0.4, 0.5) is 0 Å². The number of hydrogen-bond acceptors (Lipinski definition) is 4. The molecule has 0 bridgehead atoms. The van der Waals surface area contributed by atoms with Crippen molar-refractivity contribution in [1.82, 2.24) is 14.9 Å². The molecule has 0 atom stereocenters. The standard InChI is InChI=1S/C11H13N3O3/c15-10-3-1-2-4-14(10)7-9-12-5-8(6-13-9)11(16)17/h5-6H,1-4,7H2,(H,16,17). The van der Waals surface area contributed by atoms with Crippen molar-refractivity contribution in [1.29, 1.82) is 0 Å². The topological polar surface area (TPSA) is 83.4 Å². The zero-order valence-corrected chi connectivity index (χ0v) is 9.30. The van der Waals surface area contributed by atoms with Gasteiger partial charge in [0.15, 0.2) is 0 Å². The molecule has 0 radical (unpaired) electrons. The summed E-state index contributed by atoms with van der Waals surface area (Å²) in [5.41, 5.74) is 0.0544. The molecule has 1 aromatic heterocycles. The summed E-state index contributed by atoms with van der Waals surface area (Å²) in [6.45, 7) is 1.08. The molecule has 2 rings (SSSR count). The van der Waals surface area contributed by atoms with Crippen LogP contribution in [0.25, 0.3) is 0 Å². The molecule has 1 aliphatic rings. The molecule has 1 saturated heterocycles. The van der Waals surface area contributed by atoms with Crippen molar-refractivity contribution in [3.8, 4) is 0 Å². The van der Waals surface area contributed by atoms with Crippen LogP contribution < -0.4 is 0 Å². The van der Waals surface area contributed by atoms with E-state index in [0.29, 0.717) is 18.8 Å². The Morgan fingerprint density at radius 2 is 2.06 bits per heavy atom. The summed E-state index contributed by atoms with van der Waals surface area (Å²) in [5, 5.41) is 8.69. The second kappa shape index (κ2) is 4.90. The van der Waals surface area contributed by atoms with Crippen LogP contribution >= 0.6 is 0 Å². The Balaban J connectivity index is 2.03. The Labute approximate surface area is 98.3 Å². The lowest BCUT2D eigenvalue weighted by Crippen LogP contribution is -2.35. The first-order valence-electron chi connectivity index (χ1n) is 5.49. The fourth-order valence-corrected chi connectivity index (χ4v) is 1.75. The van der Waals surface area contributed by atoms with Crippen molar-refractivity contribution >= 4 is 11.9 Å². The summed E-state index contributed by atoms with van der Waals surface area (Å²) in [4.78, 5) is 31.8. The molecule has 0 aromatic carbocycles. The van der Waals surface area contributed by atoms with Gasteiger partial charge < -0.3 is 10.0 Å². The van der Waals surface area contributed by atoms with Gasteiger partial charge in [0.05, 0.1) is 12.1 Å². The van der Waals surface area contributed by atoms with Crippen molar-refractivity contribution in [3.63, 3.8) is 0 Å². The van der Waals surface area contributed by atoms with E-state index < -0.39 is 5.97 Å². The molecule has 6 heteroatoms. The van der Waals surface area contributed by atoms with Gasteiger partial charge >= 0.3 is 5.97 Å². The summed E-state index contributed by atoms with van der Waals surface area (Å²) in [7, 11) is 0. The molecular weight excluding hydrogens is 222 g/mol. The fraction of sp³-hybridized carbons (Fsp3) is 0.455. The lowest BCUT2D eigenvalue weighted by molar-refractivity contribution is -0.134. The molecule has 0 saturated carbocycles. The number of amides is 1. The monoisotopic (exact) mass is 235 g/mol. The first-order chi connectivity index (χ1) is 8.16. The van der Waals surface area contributed by atoms with Crippen LogP contribution in [0, 0.1) is 0 Å². The SMILES string of the molecule is O=C(O)c1cnc(CN2CCCCC2=O)nc1. The van der Waals surface area contributed by atoms with E-state index in [1.54, 1.807) is 4.90 Å². The molecule has 6 nitrogen and oxygen atoms in total. The van der Waals surface area contributed by atoms with E-state index in [4.69, 9.17) is 5.11 Å². The number of carbonyl (C=O) groups excluding carboxylic acids is 1. The molecule has 1 fully saturated rings. The van der Waals surface area contributed by atoms with Crippen molar-refractivity contribution in [2.24, 2.45) is 0 Å². The molecule has 1 N–H and O–H groups in total. The third-order valence-electron chi connectivity index (χ3n) is 2.71. The highest BCUT2D eigenvalue weighted by Crippen LogP contribution is 2.12. The number of likely N-dealkylation sites (tertiary alicyclic amines) is 1. The molecule has 17 heavy (non-hydrogen) atoms. The number of rotatable bonds is 3. The summed E-state index contributed by atoms with van der Waals surface area (Å²) >= 11 is 0. The number of aromatic nitrogens is 2. The van der Waals surface area contributed by atoms with Crippen LogP contribution in [0.15, 0.2) is 12.4 Å². The Morgan fingerprint density at radius 3 is 2.65 bits per heavy atom. The number of aromatic carboxylic acids is 1. The van der Waals surface area contributed by atoms with Crippen LogP contribution in [-0.4, -0.2) is 38.4 Å². The third kappa shape index (κ3) is 2.77. The average molecular weight is 235 g/mol. The molecule has 2 heterocycles. The number of carboxylic acids is 1. The van der Waals surface area contributed by atoms with Gasteiger partial charge in [-0.1, -0.05) is 0 Å². The van der Waals surface area contributed by atoms with Crippen LogP contribution in [0.5, 0.6) is 0 Å². The van der Waals surface area contributed by atoms with E-state index in [0.717, 1.165) is 19.4 Å². The smallest absolute Gasteiger partial charge is 0.338 e. The Hall–Kier alpha value is -1.98. The molecule has 90 valence electrons. The van der Waals surface area contributed by atoms with E-state index in [1.807, 2.05) is 0 Å². The van der Waals surface area contributed by atoms with Gasteiger partial charge in [0.1, 0.15) is 5.82 Å². The van der Waals surface area contributed by atoms with Crippen LogP contribution in [-0.2, 0) is 11.3 Å². The van der Waals surface area contributed by atoms with Crippen molar-refractivity contribution in [3.05, 3.63) is 23.8 Å². The van der Waals surface area contributed by atoms with Crippen LogP contribution in [0.2, 0.25) is 0 Å². The van der Waals surface area contributed by atoms with Gasteiger partial charge in [0, 0.05) is 25.4 Å². The largest absolute Gasteiger partial charge is 0.478 e. The lowest BCUT2D eigenvalue weighted by Gasteiger charge is -2.25. The predicted octanol–water partition coefficient (Wildman–Crippen LogP) is 0.687. The number of piperidine rings is 1. The van der Waals surface area contributed by atoms with Gasteiger partial charge in [-0.3, -0.25) is 4.79 Å². The van der Waals surface area contributed by atoms with Gasteiger partial charge in [0.25, 0.3) is 0 Å². The lowest BCUT2D eigenvalue weighted by atomic mass is 10.1. The van der Waals surface area contributed by atoms with Crippen LogP contribution in [0.3, 0.4) is 0 Å². The maximum absolute atomic E-state index is 11.6. The molecule has 0 spiro atoms. The first-order valence-corrected chi connectivity index (χ1v) is 5.49. The minimum Gasteiger partial charge on any atom is -0.478 e. The normalized spacial score (nSPS) is 16.0. The number of carbonyl (C=O) groups is 2. The zero-order chi connectivity index (χ0) is 12.3. The minimum atomic E-state index is -1.05. The van der Waals surface area contributed by atoms with E-state index in [9.17, 15) is 9.59 Å². The van der Waals surface area contributed by atoms with Crippen molar-refractivity contribution in [2.75, 3.05) is 6.54 Å². The van der Waals surface area contributed by atoms with E-state index >= 15 is 0 Å². The summed E-state index contributed by atoms with van der Waals surface area (Å²) in [6.07, 6.45) is 5.04. The summed E-state index contributed by atoms with van der Waals surface area (Å²) in [6, 6.07) is 0. The van der Waals surface area contributed by atoms with Crippen molar-refractivity contribution in [2.45, 2.75) is 25.8 Å². The minimum absolute atomic E-state index is 0.0544. The molecule has 1 aromatic rings. The Kier molecular flexibility index (Phi) is 3.32. The van der Waals surface area contributed by atoms with Gasteiger partial charge in [-0.15, -0.1) is 0 Å². The second-order valence-electron chi connectivity index (χ2n) is 3.97. The number of nitrogens with zero attached hydrogens (tertiary/aromatic N) is 3. The fourth-order valence-electron chi connectivity index (χ4n) is 1.75. The predicted molar refractivity (Wildman–Crippen MR) is 58.3 cm³/mol. The van der Waals surface area contributed by atoms with E-state index in [2.05, 4.69) is 9.97 Å². The van der Waals surface area contributed by atoms with E-state index in [1.165, 1.54) is 12.4 Å². The van der Waals surface area contributed by atoms with Gasteiger partial charge in [-0.25, -0.2) is 14.8 Å². The molecule has 0 aliphatic carbocycles. The number of carboxylic acid groups (broad SMARTS) is 1. The zero-order valence-electron chi connectivity index (χ0n) is 9.30. The number of hydrogen-bond donors (Lipinski definition) is 1. The average Bonchev–Trinajstić information content (AvgIpc) is 2.33. The quantitative estimate of drug-likeness (QED) is 0.833. The highest BCUT2D eigenvalue weighted by atomic mass is 16.4. The summed E-state index contributed by atoms with van der Waals surface area (Å²) in [5.74, 6) is -0.460. The van der Waals surface area contributed by atoms with Gasteiger partial charge in [0.2, 0.25) is 5.91 Å². The maximum atomic E-state index is 11.6. The highest BCUT2D eigenvalue weighted by molar-refractivity contribution is 5.86. The van der Waals surface area contributed by atoms with E-state index in [-0.39, 0.29) is 11.5 Å². The molecular formula is C11H13N3O3.